The number of carbonyl (C=O) groups is 1. The number of ether oxygens (including phenoxy) is 1. The molecule has 128 valence electrons. The predicted octanol–water partition coefficient (Wildman–Crippen LogP) is 3.14. The number of halogens is 3. The lowest BCUT2D eigenvalue weighted by Gasteiger charge is -2.23. The summed E-state index contributed by atoms with van der Waals surface area (Å²) in [6.45, 7) is 2.86. The molecule has 2 rings (SSSR count). The van der Waals surface area contributed by atoms with Crippen LogP contribution in [-0.4, -0.2) is 36.6 Å². The highest BCUT2D eigenvalue weighted by Gasteiger charge is 2.31. The van der Waals surface area contributed by atoms with Gasteiger partial charge in [-0.3, -0.25) is 4.79 Å². The molecule has 0 aliphatic carbocycles. The number of amides is 1. The van der Waals surface area contributed by atoms with Crippen molar-refractivity contribution in [3.05, 3.63) is 23.8 Å². The van der Waals surface area contributed by atoms with Crippen molar-refractivity contribution < 1.29 is 22.7 Å². The lowest BCUT2D eigenvalue weighted by molar-refractivity contribution is -0.137. The van der Waals surface area contributed by atoms with E-state index in [1.807, 2.05) is 0 Å². The van der Waals surface area contributed by atoms with Gasteiger partial charge in [-0.05, 0) is 25.1 Å². The summed E-state index contributed by atoms with van der Waals surface area (Å²) in [6, 6.07) is 3.12. The van der Waals surface area contributed by atoms with Crippen LogP contribution in [0.1, 0.15) is 18.9 Å². The lowest BCUT2D eigenvalue weighted by Crippen LogP contribution is -2.39. The summed E-state index contributed by atoms with van der Waals surface area (Å²) >= 11 is 1.75. The molecule has 2 N–H and O–H groups in total. The van der Waals surface area contributed by atoms with E-state index < -0.39 is 11.7 Å². The number of carbonyl (C=O) groups excluding carboxylic acids is 1. The fourth-order valence-corrected chi connectivity index (χ4v) is 3.21. The number of nitrogens with one attached hydrogen (secondary N) is 2. The average molecular weight is 348 g/mol. The number of thioether (sulfide) groups is 1. The Hall–Kier alpha value is -1.41. The van der Waals surface area contributed by atoms with Gasteiger partial charge < -0.3 is 15.4 Å². The molecule has 1 aromatic carbocycles. The molecule has 1 atom stereocenters. The van der Waals surface area contributed by atoms with E-state index in [1.165, 1.54) is 6.07 Å². The third-order valence-corrected chi connectivity index (χ3v) is 4.44. The first-order chi connectivity index (χ1) is 10.9. The number of alkyl halides is 3. The van der Waals surface area contributed by atoms with E-state index in [4.69, 9.17) is 4.74 Å². The van der Waals surface area contributed by atoms with Crippen molar-refractivity contribution in [3.63, 3.8) is 0 Å². The second-order valence-electron chi connectivity index (χ2n) is 5.12. The molecule has 4 nitrogen and oxygen atoms in total. The van der Waals surface area contributed by atoms with E-state index in [0.29, 0.717) is 6.61 Å². The molecular weight excluding hydrogens is 329 g/mol. The third kappa shape index (κ3) is 5.31. The summed E-state index contributed by atoms with van der Waals surface area (Å²) in [5.74, 6) is 1.72. The van der Waals surface area contributed by atoms with Crippen LogP contribution in [0.15, 0.2) is 18.2 Å². The van der Waals surface area contributed by atoms with Crippen LogP contribution < -0.4 is 15.4 Å². The minimum absolute atomic E-state index is 0.0371. The van der Waals surface area contributed by atoms with Crippen LogP contribution in [0.2, 0.25) is 0 Å². The molecule has 23 heavy (non-hydrogen) atoms. The van der Waals surface area contributed by atoms with Crippen molar-refractivity contribution in [1.29, 1.82) is 0 Å². The maximum Gasteiger partial charge on any atom is 0.416 e. The normalized spacial score (nSPS) is 18.5. The molecule has 1 amide bonds. The molecule has 0 saturated carbocycles. The van der Waals surface area contributed by atoms with Crippen molar-refractivity contribution in [2.24, 2.45) is 0 Å². The Labute approximate surface area is 137 Å². The van der Waals surface area contributed by atoms with Gasteiger partial charge in [-0.25, -0.2) is 0 Å². The molecule has 1 saturated heterocycles. The molecule has 1 aliphatic heterocycles. The maximum atomic E-state index is 12.8. The molecule has 0 radical (unpaired) electrons. The Bertz CT molecular complexity index is 546. The Morgan fingerprint density at radius 1 is 1.48 bits per heavy atom. The Morgan fingerprint density at radius 2 is 2.26 bits per heavy atom. The molecule has 0 aromatic heterocycles. The van der Waals surface area contributed by atoms with Crippen LogP contribution in [0.5, 0.6) is 5.75 Å². The van der Waals surface area contributed by atoms with Gasteiger partial charge in [0.05, 0.1) is 17.9 Å². The topological polar surface area (TPSA) is 50.4 Å². The zero-order chi connectivity index (χ0) is 16.9. The first kappa shape index (κ1) is 17.9. The van der Waals surface area contributed by atoms with E-state index in [-0.39, 0.29) is 29.8 Å². The molecule has 1 fully saturated rings. The molecule has 0 spiro atoms. The molecular formula is C15H19F3N2O2S. The van der Waals surface area contributed by atoms with Crippen molar-refractivity contribution in [2.75, 3.05) is 30.0 Å². The Balaban J connectivity index is 2.10. The molecule has 8 heteroatoms. The second kappa shape index (κ2) is 7.92. The predicted molar refractivity (Wildman–Crippen MR) is 85.0 cm³/mol. The minimum Gasteiger partial charge on any atom is -0.492 e. The Kier molecular flexibility index (Phi) is 6.17. The number of hydrogen-bond acceptors (Lipinski definition) is 4. The van der Waals surface area contributed by atoms with Crippen LogP contribution in [0.4, 0.5) is 18.9 Å². The standard InChI is InChI=1S/C15H19F3N2O2S/c1-2-22-13-4-3-10(15(16,17)18)7-12(13)20-14(21)8-11-9-23-6-5-19-11/h3-4,7,11,19H,2,5-6,8-9H2,1H3,(H,20,21). The largest absolute Gasteiger partial charge is 0.492 e. The first-order valence-electron chi connectivity index (χ1n) is 7.35. The number of benzene rings is 1. The van der Waals surface area contributed by atoms with Crippen LogP contribution in [0.25, 0.3) is 0 Å². The summed E-state index contributed by atoms with van der Waals surface area (Å²) in [5, 5.41) is 5.76. The van der Waals surface area contributed by atoms with Crippen molar-refractivity contribution in [2.45, 2.75) is 25.6 Å². The molecule has 1 aromatic rings. The van der Waals surface area contributed by atoms with Crippen molar-refractivity contribution in [3.8, 4) is 5.75 Å². The monoisotopic (exact) mass is 348 g/mol. The van der Waals surface area contributed by atoms with Crippen molar-refractivity contribution in [1.82, 2.24) is 5.32 Å². The van der Waals surface area contributed by atoms with Gasteiger partial charge in [0.1, 0.15) is 5.75 Å². The fraction of sp³-hybridized carbons (Fsp3) is 0.533. The SMILES string of the molecule is CCOc1ccc(C(F)(F)F)cc1NC(=O)CC1CSCCN1. The second-order valence-corrected chi connectivity index (χ2v) is 6.27. The van der Waals surface area contributed by atoms with Gasteiger partial charge in [-0.1, -0.05) is 0 Å². The van der Waals surface area contributed by atoms with Gasteiger partial charge in [0.15, 0.2) is 0 Å². The zero-order valence-corrected chi connectivity index (χ0v) is 13.5. The summed E-state index contributed by atoms with van der Waals surface area (Å²) in [7, 11) is 0. The first-order valence-corrected chi connectivity index (χ1v) is 8.50. The van der Waals surface area contributed by atoms with Crippen LogP contribution >= 0.6 is 11.8 Å². The molecule has 1 unspecified atom stereocenters. The molecule has 0 bridgehead atoms. The van der Waals surface area contributed by atoms with E-state index in [9.17, 15) is 18.0 Å². The molecule has 1 aliphatic rings. The number of rotatable bonds is 5. The summed E-state index contributed by atoms with van der Waals surface area (Å²) in [6.07, 6.45) is -4.25. The summed E-state index contributed by atoms with van der Waals surface area (Å²) in [5.41, 5.74) is -0.766. The van der Waals surface area contributed by atoms with Gasteiger partial charge in [0.2, 0.25) is 5.91 Å². The highest BCUT2D eigenvalue weighted by molar-refractivity contribution is 7.99. The van der Waals surface area contributed by atoms with E-state index in [1.54, 1.807) is 18.7 Å². The number of hydrogen-bond donors (Lipinski definition) is 2. The summed E-state index contributed by atoms with van der Waals surface area (Å²) < 4.78 is 43.8. The Morgan fingerprint density at radius 3 is 2.87 bits per heavy atom. The van der Waals surface area contributed by atoms with Crippen LogP contribution in [0, 0.1) is 0 Å². The van der Waals surface area contributed by atoms with Crippen LogP contribution in [-0.2, 0) is 11.0 Å². The number of anilines is 1. The van der Waals surface area contributed by atoms with Gasteiger partial charge in [-0.2, -0.15) is 24.9 Å². The quantitative estimate of drug-likeness (QED) is 0.858. The van der Waals surface area contributed by atoms with Gasteiger partial charge in [-0.15, -0.1) is 0 Å². The molecule has 1 heterocycles. The van der Waals surface area contributed by atoms with Crippen molar-refractivity contribution >= 4 is 23.4 Å². The maximum absolute atomic E-state index is 12.8. The van der Waals surface area contributed by atoms with Gasteiger partial charge in [0, 0.05) is 30.5 Å². The highest BCUT2D eigenvalue weighted by atomic mass is 32.2. The minimum atomic E-state index is -4.47. The third-order valence-electron chi connectivity index (χ3n) is 3.31. The highest BCUT2D eigenvalue weighted by Crippen LogP contribution is 2.35. The fourth-order valence-electron chi connectivity index (χ4n) is 2.26. The van der Waals surface area contributed by atoms with E-state index >= 15 is 0 Å². The lowest BCUT2D eigenvalue weighted by atomic mass is 10.1. The van der Waals surface area contributed by atoms with E-state index in [0.717, 1.165) is 30.2 Å². The van der Waals surface area contributed by atoms with Gasteiger partial charge in [0.25, 0.3) is 0 Å². The van der Waals surface area contributed by atoms with Gasteiger partial charge >= 0.3 is 6.18 Å². The summed E-state index contributed by atoms with van der Waals surface area (Å²) in [4.78, 5) is 12.1. The van der Waals surface area contributed by atoms with E-state index in [2.05, 4.69) is 10.6 Å². The average Bonchev–Trinajstić information content (AvgIpc) is 2.49. The van der Waals surface area contributed by atoms with Crippen LogP contribution in [0.3, 0.4) is 0 Å². The smallest absolute Gasteiger partial charge is 0.416 e. The zero-order valence-electron chi connectivity index (χ0n) is 12.7.